The van der Waals surface area contributed by atoms with Crippen molar-refractivity contribution in [2.45, 2.75) is 19.3 Å². The van der Waals surface area contributed by atoms with Crippen molar-refractivity contribution in [3.8, 4) is 11.4 Å². The van der Waals surface area contributed by atoms with Gasteiger partial charge in [0.15, 0.2) is 0 Å². The number of hydrogen-bond donors (Lipinski definition) is 2. The summed E-state index contributed by atoms with van der Waals surface area (Å²) in [6.45, 7) is 0.0581. The van der Waals surface area contributed by atoms with Crippen LogP contribution in [0, 0.1) is 0 Å². The first-order valence-electron chi connectivity index (χ1n) is 7.69. The number of rotatable bonds is 10. The predicted molar refractivity (Wildman–Crippen MR) is 89.1 cm³/mol. The molecule has 1 aromatic heterocycles. The van der Waals surface area contributed by atoms with Crippen LogP contribution in [0.15, 0.2) is 28.8 Å². The smallest absolute Gasteiger partial charge is 0.329 e. The van der Waals surface area contributed by atoms with Gasteiger partial charge in [0.1, 0.15) is 6.61 Å². The van der Waals surface area contributed by atoms with Crippen molar-refractivity contribution < 1.29 is 24.0 Å². The Morgan fingerprint density at radius 2 is 2.04 bits per heavy atom. The number of carboxylic acids is 1. The molecule has 0 radical (unpaired) electrons. The molecule has 0 fully saturated rings. The number of carbonyl (C=O) groups excluding carboxylic acids is 1. The number of carboxylic acid groups (broad SMARTS) is 1. The largest absolute Gasteiger partial charge is 0.480 e. The van der Waals surface area contributed by atoms with E-state index < -0.39 is 5.97 Å². The molecule has 134 valence electrons. The summed E-state index contributed by atoms with van der Waals surface area (Å²) in [4.78, 5) is 26.2. The highest BCUT2D eigenvalue weighted by atomic mass is 35.5. The van der Waals surface area contributed by atoms with Crippen LogP contribution in [-0.2, 0) is 20.7 Å². The van der Waals surface area contributed by atoms with Crippen LogP contribution >= 0.6 is 11.6 Å². The molecule has 0 saturated carbocycles. The molecule has 0 spiro atoms. The number of carbonyl (C=O) groups is 2. The third-order valence-electron chi connectivity index (χ3n) is 3.16. The monoisotopic (exact) mass is 367 g/mol. The van der Waals surface area contributed by atoms with Gasteiger partial charge in [0.2, 0.25) is 17.6 Å². The van der Waals surface area contributed by atoms with Gasteiger partial charge in [0, 0.05) is 30.0 Å². The van der Waals surface area contributed by atoms with E-state index in [2.05, 4.69) is 15.5 Å². The minimum Gasteiger partial charge on any atom is -0.480 e. The second-order valence-corrected chi connectivity index (χ2v) is 5.60. The third kappa shape index (κ3) is 6.90. The Morgan fingerprint density at radius 3 is 2.76 bits per heavy atom. The van der Waals surface area contributed by atoms with Gasteiger partial charge in [-0.25, -0.2) is 4.79 Å². The van der Waals surface area contributed by atoms with Gasteiger partial charge in [-0.1, -0.05) is 16.8 Å². The van der Waals surface area contributed by atoms with Crippen LogP contribution in [0.2, 0.25) is 5.02 Å². The van der Waals surface area contributed by atoms with Crippen LogP contribution in [0.4, 0.5) is 0 Å². The SMILES string of the molecule is O=C(O)COCCNC(=O)CCCc1nc(-c2ccc(Cl)cc2)no1. The molecule has 0 bridgehead atoms. The van der Waals surface area contributed by atoms with Gasteiger partial charge in [-0.05, 0) is 30.7 Å². The summed E-state index contributed by atoms with van der Waals surface area (Å²) in [5, 5.41) is 15.6. The third-order valence-corrected chi connectivity index (χ3v) is 3.41. The molecule has 9 heteroatoms. The number of ether oxygens (including phenoxy) is 1. The summed E-state index contributed by atoms with van der Waals surface area (Å²) in [5.41, 5.74) is 0.804. The van der Waals surface area contributed by atoms with Crippen molar-refractivity contribution in [3.05, 3.63) is 35.2 Å². The maximum Gasteiger partial charge on any atom is 0.329 e. The average Bonchev–Trinajstić information content (AvgIpc) is 3.04. The normalized spacial score (nSPS) is 10.6. The van der Waals surface area contributed by atoms with E-state index in [1.807, 2.05) is 0 Å². The topological polar surface area (TPSA) is 115 Å². The second kappa shape index (κ2) is 9.75. The van der Waals surface area contributed by atoms with E-state index in [-0.39, 0.29) is 25.7 Å². The number of amides is 1. The summed E-state index contributed by atoms with van der Waals surface area (Å²) >= 11 is 5.83. The molecule has 8 nitrogen and oxygen atoms in total. The van der Waals surface area contributed by atoms with E-state index in [1.165, 1.54) is 0 Å². The number of nitrogens with zero attached hydrogens (tertiary/aromatic N) is 2. The van der Waals surface area contributed by atoms with Crippen molar-refractivity contribution >= 4 is 23.5 Å². The minimum absolute atomic E-state index is 0.142. The summed E-state index contributed by atoms with van der Waals surface area (Å²) < 4.78 is 9.98. The Balaban J connectivity index is 1.65. The lowest BCUT2D eigenvalue weighted by molar-refractivity contribution is -0.142. The maximum absolute atomic E-state index is 11.6. The Kier molecular flexibility index (Phi) is 7.36. The molecule has 0 unspecified atom stereocenters. The predicted octanol–water partition coefficient (Wildman–Crippen LogP) is 1.93. The van der Waals surface area contributed by atoms with Gasteiger partial charge in [-0.3, -0.25) is 4.79 Å². The lowest BCUT2D eigenvalue weighted by Gasteiger charge is -2.04. The van der Waals surface area contributed by atoms with Crippen LogP contribution < -0.4 is 5.32 Å². The van der Waals surface area contributed by atoms with E-state index in [4.69, 9.17) is 26.0 Å². The molecule has 0 atom stereocenters. The molecular formula is C16H18ClN3O5. The number of halogens is 1. The lowest BCUT2D eigenvalue weighted by Crippen LogP contribution is -2.27. The number of benzene rings is 1. The van der Waals surface area contributed by atoms with Crippen molar-refractivity contribution in [1.29, 1.82) is 0 Å². The zero-order valence-electron chi connectivity index (χ0n) is 13.4. The maximum atomic E-state index is 11.6. The Morgan fingerprint density at radius 1 is 1.28 bits per heavy atom. The molecule has 1 heterocycles. The number of nitrogens with one attached hydrogen (secondary N) is 1. The lowest BCUT2D eigenvalue weighted by atomic mass is 10.2. The Labute approximate surface area is 149 Å². The highest BCUT2D eigenvalue weighted by molar-refractivity contribution is 6.30. The zero-order valence-corrected chi connectivity index (χ0v) is 14.2. The van der Waals surface area contributed by atoms with E-state index in [1.54, 1.807) is 24.3 Å². The average molecular weight is 368 g/mol. The first-order chi connectivity index (χ1) is 12.0. The van der Waals surface area contributed by atoms with Crippen LogP contribution in [0.25, 0.3) is 11.4 Å². The van der Waals surface area contributed by atoms with Gasteiger partial charge >= 0.3 is 5.97 Å². The Hall–Kier alpha value is -2.45. The van der Waals surface area contributed by atoms with Crippen LogP contribution in [-0.4, -0.2) is 46.9 Å². The molecule has 2 aromatic rings. The number of aromatic nitrogens is 2. The van der Waals surface area contributed by atoms with Crippen molar-refractivity contribution in [2.75, 3.05) is 19.8 Å². The standard InChI is InChI=1S/C16H18ClN3O5/c17-12-6-4-11(5-7-12)16-19-14(25-20-16)3-1-2-13(21)18-8-9-24-10-15(22)23/h4-7H,1-3,8-10H2,(H,18,21)(H,22,23). The van der Waals surface area contributed by atoms with Crippen LogP contribution in [0.5, 0.6) is 0 Å². The molecule has 1 aromatic carbocycles. The summed E-state index contributed by atoms with van der Waals surface area (Å²) in [7, 11) is 0. The van der Waals surface area contributed by atoms with Crippen molar-refractivity contribution in [2.24, 2.45) is 0 Å². The first kappa shape index (κ1) is 18.9. The van der Waals surface area contributed by atoms with Crippen molar-refractivity contribution in [1.82, 2.24) is 15.5 Å². The van der Waals surface area contributed by atoms with Crippen molar-refractivity contribution in [3.63, 3.8) is 0 Å². The quantitative estimate of drug-likeness (QED) is 0.616. The van der Waals surface area contributed by atoms with Crippen LogP contribution in [0.1, 0.15) is 18.7 Å². The minimum atomic E-state index is -1.04. The highest BCUT2D eigenvalue weighted by Crippen LogP contribution is 2.19. The molecule has 2 rings (SSSR count). The molecule has 1 amide bonds. The van der Waals surface area contributed by atoms with Gasteiger partial charge in [0.05, 0.1) is 6.61 Å². The number of aryl methyl sites for hydroxylation is 1. The molecule has 0 aliphatic rings. The van der Waals surface area contributed by atoms with E-state index in [9.17, 15) is 9.59 Å². The molecular weight excluding hydrogens is 350 g/mol. The van der Waals surface area contributed by atoms with Gasteiger partial charge in [0.25, 0.3) is 0 Å². The van der Waals surface area contributed by atoms with E-state index >= 15 is 0 Å². The number of hydrogen-bond acceptors (Lipinski definition) is 6. The summed E-state index contributed by atoms with van der Waals surface area (Å²) in [6.07, 6.45) is 1.35. The first-order valence-corrected chi connectivity index (χ1v) is 8.07. The number of aliphatic carboxylic acids is 1. The van der Waals surface area contributed by atoms with Gasteiger partial charge in [-0.15, -0.1) is 0 Å². The molecule has 0 aliphatic heterocycles. The van der Waals surface area contributed by atoms with E-state index in [0.29, 0.717) is 36.0 Å². The molecule has 0 aliphatic carbocycles. The molecule has 2 N–H and O–H groups in total. The second-order valence-electron chi connectivity index (χ2n) is 5.17. The molecule has 0 saturated heterocycles. The van der Waals surface area contributed by atoms with E-state index in [0.717, 1.165) is 5.56 Å². The van der Waals surface area contributed by atoms with Gasteiger partial charge in [-0.2, -0.15) is 4.98 Å². The zero-order chi connectivity index (χ0) is 18.1. The van der Waals surface area contributed by atoms with Gasteiger partial charge < -0.3 is 19.7 Å². The van der Waals surface area contributed by atoms with Crippen LogP contribution in [0.3, 0.4) is 0 Å². The highest BCUT2D eigenvalue weighted by Gasteiger charge is 2.09. The Bertz CT molecular complexity index is 702. The summed E-state index contributed by atoms with van der Waals surface area (Å²) in [6, 6.07) is 7.10. The fourth-order valence-corrected chi connectivity index (χ4v) is 2.11. The summed E-state index contributed by atoms with van der Waals surface area (Å²) in [5.74, 6) is -0.241. The fourth-order valence-electron chi connectivity index (χ4n) is 1.98. The molecule has 25 heavy (non-hydrogen) atoms. The fraction of sp³-hybridized carbons (Fsp3) is 0.375.